The van der Waals surface area contributed by atoms with Crippen molar-refractivity contribution in [3.63, 3.8) is 0 Å². The molecule has 1 amide bonds. The Hall–Kier alpha value is -2.54. The fourth-order valence-corrected chi connectivity index (χ4v) is 2.86. The molecule has 1 aromatic carbocycles. The number of thiazole rings is 1. The summed E-state index contributed by atoms with van der Waals surface area (Å²) < 4.78 is 5.23. The van der Waals surface area contributed by atoms with E-state index in [-0.39, 0.29) is 12.3 Å². The van der Waals surface area contributed by atoms with Gasteiger partial charge in [0.25, 0.3) is 0 Å². The highest BCUT2D eigenvalue weighted by atomic mass is 32.1. The number of nitrogens with zero attached hydrogens (tertiary/aromatic N) is 3. The zero-order valence-electron chi connectivity index (χ0n) is 13.6. The molecule has 0 atom stereocenters. The molecule has 0 aliphatic heterocycles. The van der Waals surface area contributed by atoms with Gasteiger partial charge in [0.15, 0.2) is 5.13 Å². The summed E-state index contributed by atoms with van der Waals surface area (Å²) in [5.74, 6) is 0.884. The maximum absolute atomic E-state index is 11.9. The Morgan fingerprint density at radius 1 is 1.29 bits per heavy atom. The summed E-state index contributed by atoms with van der Waals surface area (Å²) in [6, 6.07) is 8.06. The Morgan fingerprint density at radius 3 is 2.75 bits per heavy atom. The summed E-state index contributed by atoms with van der Waals surface area (Å²) in [6.45, 7) is 4.06. The van der Waals surface area contributed by atoms with Gasteiger partial charge in [-0.1, -0.05) is 36.3 Å². The van der Waals surface area contributed by atoms with E-state index in [0.717, 1.165) is 16.9 Å². The van der Waals surface area contributed by atoms with Crippen LogP contribution in [0.2, 0.25) is 0 Å². The van der Waals surface area contributed by atoms with Crippen molar-refractivity contribution in [1.82, 2.24) is 15.1 Å². The van der Waals surface area contributed by atoms with E-state index in [9.17, 15) is 4.79 Å². The van der Waals surface area contributed by atoms with Crippen LogP contribution in [0.1, 0.15) is 29.7 Å². The Labute approximate surface area is 143 Å². The molecule has 0 fully saturated rings. The minimum Gasteiger partial charge on any atom is -0.339 e. The molecule has 0 saturated heterocycles. The molecule has 3 aromatic rings. The van der Waals surface area contributed by atoms with E-state index in [1.807, 2.05) is 19.1 Å². The number of aryl methyl sites for hydroxylation is 3. The number of nitrogens with one attached hydrogen (secondary N) is 1. The van der Waals surface area contributed by atoms with E-state index in [4.69, 9.17) is 4.52 Å². The SMILES string of the molecule is CCc1ccc(-c2noc(CCC(=O)Nc3ncc(C)s3)n2)cc1. The third-order valence-corrected chi connectivity index (χ3v) is 4.35. The molecular formula is C17H18N4O2S. The molecule has 0 saturated carbocycles. The van der Waals surface area contributed by atoms with E-state index in [1.165, 1.54) is 16.9 Å². The van der Waals surface area contributed by atoms with Crippen LogP contribution in [-0.4, -0.2) is 21.0 Å². The van der Waals surface area contributed by atoms with Gasteiger partial charge in [-0.3, -0.25) is 4.79 Å². The monoisotopic (exact) mass is 342 g/mol. The van der Waals surface area contributed by atoms with Crippen molar-refractivity contribution < 1.29 is 9.32 Å². The van der Waals surface area contributed by atoms with Gasteiger partial charge in [0.2, 0.25) is 17.6 Å². The number of amides is 1. The minimum atomic E-state index is -0.114. The first-order valence-electron chi connectivity index (χ1n) is 7.78. The van der Waals surface area contributed by atoms with Gasteiger partial charge < -0.3 is 9.84 Å². The van der Waals surface area contributed by atoms with Crippen molar-refractivity contribution >= 4 is 22.4 Å². The van der Waals surface area contributed by atoms with Crippen molar-refractivity contribution in [2.24, 2.45) is 0 Å². The van der Waals surface area contributed by atoms with Crippen LogP contribution < -0.4 is 5.32 Å². The van der Waals surface area contributed by atoms with Gasteiger partial charge in [-0.2, -0.15) is 4.98 Å². The van der Waals surface area contributed by atoms with Crippen LogP contribution >= 0.6 is 11.3 Å². The third-order valence-electron chi connectivity index (χ3n) is 3.52. The maximum Gasteiger partial charge on any atom is 0.227 e. The van der Waals surface area contributed by atoms with Crippen LogP contribution in [0.3, 0.4) is 0 Å². The second kappa shape index (κ2) is 7.35. The largest absolute Gasteiger partial charge is 0.339 e. The Kier molecular flexibility index (Phi) is 5.00. The molecule has 3 rings (SSSR count). The molecule has 1 N–H and O–H groups in total. The zero-order chi connectivity index (χ0) is 16.9. The molecule has 7 heteroatoms. The second-order valence-electron chi connectivity index (χ2n) is 5.39. The molecule has 124 valence electrons. The quantitative estimate of drug-likeness (QED) is 0.740. The maximum atomic E-state index is 11.9. The molecular weight excluding hydrogens is 324 g/mol. The van der Waals surface area contributed by atoms with Crippen LogP contribution in [0.25, 0.3) is 11.4 Å². The predicted molar refractivity (Wildman–Crippen MR) is 92.9 cm³/mol. The molecule has 0 aliphatic carbocycles. The van der Waals surface area contributed by atoms with Gasteiger partial charge in [0.1, 0.15) is 0 Å². The van der Waals surface area contributed by atoms with Gasteiger partial charge >= 0.3 is 0 Å². The standard InChI is InChI=1S/C17H18N4O2S/c1-3-12-4-6-13(7-5-12)16-20-15(23-21-16)9-8-14(22)19-17-18-10-11(2)24-17/h4-7,10H,3,8-9H2,1-2H3,(H,18,19,22). The van der Waals surface area contributed by atoms with E-state index in [1.54, 1.807) is 6.20 Å². The van der Waals surface area contributed by atoms with Crippen molar-refractivity contribution in [2.75, 3.05) is 5.32 Å². The van der Waals surface area contributed by atoms with Crippen molar-refractivity contribution in [3.05, 3.63) is 46.8 Å². The van der Waals surface area contributed by atoms with Crippen LogP contribution in [0, 0.1) is 6.92 Å². The lowest BCUT2D eigenvalue weighted by Crippen LogP contribution is -2.12. The number of rotatable bonds is 6. The first-order chi connectivity index (χ1) is 11.6. The Balaban J connectivity index is 1.56. The Bertz CT molecular complexity index is 823. The minimum absolute atomic E-state index is 0.114. The summed E-state index contributed by atoms with van der Waals surface area (Å²) in [5, 5.41) is 7.35. The van der Waals surface area contributed by atoms with Crippen LogP contribution in [-0.2, 0) is 17.6 Å². The van der Waals surface area contributed by atoms with Crippen LogP contribution in [0.15, 0.2) is 35.0 Å². The zero-order valence-corrected chi connectivity index (χ0v) is 14.4. The highest BCUT2D eigenvalue weighted by Gasteiger charge is 2.11. The summed E-state index contributed by atoms with van der Waals surface area (Å²) in [7, 11) is 0. The lowest BCUT2D eigenvalue weighted by molar-refractivity contribution is -0.116. The fraction of sp³-hybridized carbons (Fsp3) is 0.294. The van der Waals surface area contributed by atoms with Gasteiger partial charge in [-0.15, -0.1) is 11.3 Å². The van der Waals surface area contributed by atoms with E-state index < -0.39 is 0 Å². The van der Waals surface area contributed by atoms with Crippen LogP contribution in [0.4, 0.5) is 5.13 Å². The summed E-state index contributed by atoms with van der Waals surface area (Å²) in [5.41, 5.74) is 2.17. The van der Waals surface area contributed by atoms with Gasteiger partial charge in [0.05, 0.1) is 0 Å². The topological polar surface area (TPSA) is 80.9 Å². The summed E-state index contributed by atoms with van der Waals surface area (Å²) in [6.07, 6.45) is 3.39. The second-order valence-corrected chi connectivity index (χ2v) is 6.62. The fourth-order valence-electron chi connectivity index (χ4n) is 2.18. The molecule has 0 radical (unpaired) electrons. The van der Waals surface area contributed by atoms with Crippen molar-refractivity contribution in [3.8, 4) is 11.4 Å². The molecule has 24 heavy (non-hydrogen) atoms. The normalized spacial score (nSPS) is 10.8. The molecule has 2 heterocycles. The molecule has 6 nitrogen and oxygen atoms in total. The van der Waals surface area contributed by atoms with Crippen LogP contribution in [0.5, 0.6) is 0 Å². The number of anilines is 1. The average Bonchev–Trinajstić information content (AvgIpc) is 3.22. The molecule has 0 unspecified atom stereocenters. The number of aromatic nitrogens is 3. The van der Waals surface area contributed by atoms with E-state index in [2.05, 4.69) is 39.5 Å². The molecule has 0 spiro atoms. The lowest BCUT2D eigenvalue weighted by Gasteiger charge is -1.99. The molecule has 0 aliphatic rings. The first kappa shape index (κ1) is 16.3. The first-order valence-corrected chi connectivity index (χ1v) is 8.60. The highest BCUT2D eigenvalue weighted by Crippen LogP contribution is 2.18. The van der Waals surface area contributed by atoms with Crippen molar-refractivity contribution in [2.45, 2.75) is 33.1 Å². The third kappa shape index (κ3) is 4.05. The predicted octanol–water partition coefficient (Wildman–Crippen LogP) is 3.64. The molecule has 0 bridgehead atoms. The van der Waals surface area contributed by atoms with Gasteiger partial charge in [0, 0.05) is 29.5 Å². The van der Waals surface area contributed by atoms with Gasteiger partial charge in [-0.25, -0.2) is 4.98 Å². The molecule has 2 aromatic heterocycles. The smallest absolute Gasteiger partial charge is 0.227 e. The number of benzene rings is 1. The number of hydrogen-bond donors (Lipinski definition) is 1. The highest BCUT2D eigenvalue weighted by molar-refractivity contribution is 7.15. The Morgan fingerprint density at radius 2 is 2.08 bits per heavy atom. The summed E-state index contributed by atoms with van der Waals surface area (Å²) >= 11 is 1.45. The van der Waals surface area contributed by atoms with Gasteiger partial charge in [-0.05, 0) is 18.9 Å². The summed E-state index contributed by atoms with van der Waals surface area (Å²) in [4.78, 5) is 21.4. The van der Waals surface area contributed by atoms with E-state index in [0.29, 0.717) is 23.3 Å². The number of hydrogen-bond acceptors (Lipinski definition) is 6. The number of carbonyl (C=O) groups excluding carboxylic acids is 1. The number of carbonyl (C=O) groups is 1. The van der Waals surface area contributed by atoms with E-state index >= 15 is 0 Å². The lowest BCUT2D eigenvalue weighted by atomic mass is 10.1. The average molecular weight is 342 g/mol. The van der Waals surface area contributed by atoms with Crippen molar-refractivity contribution in [1.29, 1.82) is 0 Å².